The van der Waals surface area contributed by atoms with E-state index in [-0.39, 0.29) is 0 Å². The third-order valence-electron chi connectivity index (χ3n) is 2.27. The second-order valence-electron chi connectivity index (χ2n) is 3.42. The fourth-order valence-corrected chi connectivity index (χ4v) is 2.15. The largest absolute Gasteiger partial charge is 0.365 e. The van der Waals surface area contributed by atoms with Gasteiger partial charge in [0.25, 0.3) is 0 Å². The summed E-state index contributed by atoms with van der Waals surface area (Å²) in [5.41, 5.74) is 2.95. The van der Waals surface area contributed by atoms with E-state index in [0.29, 0.717) is 4.88 Å². The minimum Gasteiger partial charge on any atom is -0.365 e. The minimum atomic E-state index is 0.646. The van der Waals surface area contributed by atoms with E-state index < -0.39 is 0 Å². The topological polar surface area (TPSA) is 48.7 Å². The Bertz CT molecular complexity index is 534. The maximum atomic E-state index is 9.04. The van der Waals surface area contributed by atoms with Crippen LogP contribution in [0.2, 0.25) is 0 Å². The van der Waals surface area contributed by atoms with Gasteiger partial charge in [-0.3, -0.25) is 0 Å². The predicted molar refractivity (Wildman–Crippen MR) is 66.5 cm³/mol. The smallest absolute Gasteiger partial charge is 0.184 e. The van der Waals surface area contributed by atoms with Crippen molar-refractivity contribution in [2.24, 2.45) is 0 Å². The van der Waals surface area contributed by atoms with Gasteiger partial charge in [-0.05, 0) is 6.92 Å². The van der Waals surface area contributed by atoms with Crippen LogP contribution >= 0.6 is 11.3 Å². The van der Waals surface area contributed by atoms with Crippen molar-refractivity contribution in [2.45, 2.75) is 6.92 Å². The molecule has 0 spiro atoms. The number of rotatable bonds is 2. The highest BCUT2D eigenvalue weighted by Crippen LogP contribution is 2.30. The van der Waals surface area contributed by atoms with Crippen LogP contribution < -0.4 is 5.32 Å². The normalized spacial score (nSPS) is 9.81. The molecule has 0 amide bonds. The molecule has 1 aromatic carbocycles. The molecule has 1 heterocycles. The van der Waals surface area contributed by atoms with Gasteiger partial charge in [-0.15, -0.1) is 0 Å². The van der Waals surface area contributed by atoms with Crippen LogP contribution in [0.4, 0.5) is 5.13 Å². The van der Waals surface area contributed by atoms with Crippen molar-refractivity contribution in [3.63, 3.8) is 0 Å². The Labute approximate surface area is 98.4 Å². The van der Waals surface area contributed by atoms with Crippen molar-refractivity contribution in [1.82, 2.24) is 4.98 Å². The van der Waals surface area contributed by atoms with E-state index in [1.54, 1.807) is 7.05 Å². The van der Waals surface area contributed by atoms with Gasteiger partial charge in [-0.2, -0.15) is 5.26 Å². The van der Waals surface area contributed by atoms with Crippen LogP contribution in [-0.2, 0) is 0 Å². The van der Waals surface area contributed by atoms with Gasteiger partial charge in [0.1, 0.15) is 16.6 Å². The van der Waals surface area contributed by atoms with Gasteiger partial charge in [0.15, 0.2) is 5.13 Å². The first-order valence-corrected chi connectivity index (χ1v) is 5.72. The van der Waals surface area contributed by atoms with Gasteiger partial charge in [0.05, 0.1) is 0 Å². The SMILES string of the molecule is CNc1nc(-c2ccc(C)cc2)c(C#N)s1. The summed E-state index contributed by atoms with van der Waals surface area (Å²) in [6.07, 6.45) is 0. The van der Waals surface area contributed by atoms with E-state index in [9.17, 15) is 0 Å². The molecule has 0 fully saturated rings. The molecule has 0 saturated carbocycles. The Balaban J connectivity index is 2.51. The van der Waals surface area contributed by atoms with E-state index in [1.165, 1.54) is 16.9 Å². The highest BCUT2D eigenvalue weighted by Gasteiger charge is 2.11. The molecule has 16 heavy (non-hydrogen) atoms. The highest BCUT2D eigenvalue weighted by atomic mass is 32.1. The molecular formula is C12H11N3S. The summed E-state index contributed by atoms with van der Waals surface area (Å²) in [4.78, 5) is 5.03. The molecule has 4 heteroatoms. The van der Waals surface area contributed by atoms with Crippen molar-refractivity contribution in [3.05, 3.63) is 34.7 Å². The zero-order chi connectivity index (χ0) is 11.5. The van der Waals surface area contributed by atoms with Crippen molar-refractivity contribution in [1.29, 1.82) is 5.26 Å². The summed E-state index contributed by atoms with van der Waals surface area (Å²) in [5, 5.41) is 12.8. The number of thiazole rings is 1. The van der Waals surface area contributed by atoms with E-state index in [2.05, 4.69) is 16.4 Å². The fraction of sp³-hybridized carbons (Fsp3) is 0.167. The maximum absolute atomic E-state index is 9.04. The van der Waals surface area contributed by atoms with Crippen molar-refractivity contribution >= 4 is 16.5 Å². The highest BCUT2D eigenvalue weighted by molar-refractivity contribution is 7.16. The summed E-state index contributed by atoms with van der Waals surface area (Å²) in [7, 11) is 1.80. The van der Waals surface area contributed by atoms with Crippen LogP contribution in [0.3, 0.4) is 0 Å². The molecule has 0 aliphatic rings. The second kappa shape index (κ2) is 4.33. The molecule has 1 aromatic heterocycles. The number of hydrogen-bond donors (Lipinski definition) is 1. The quantitative estimate of drug-likeness (QED) is 0.861. The molecule has 1 N–H and O–H groups in total. The summed E-state index contributed by atoms with van der Waals surface area (Å²) < 4.78 is 0. The van der Waals surface area contributed by atoms with Crippen LogP contribution in [0.5, 0.6) is 0 Å². The first-order valence-electron chi connectivity index (χ1n) is 4.90. The average Bonchev–Trinajstić information content (AvgIpc) is 2.73. The summed E-state index contributed by atoms with van der Waals surface area (Å²) in [6.45, 7) is 2.04. The summed E-state index contributed by atoms with van der Waals surface area (Å²) in [5.74, 6) is 0. The zero-order valence-electron chi connectivity index (χ0n) is 9.11. The van der Waals surface area contributed by atoms with Gasteiger partial charge in [-0.1, -0.05) is 41.2 Å². The zero-order valence-corrected chi connectivity index (χ0v) is 9.93. The van der Waals surface area contributed by atoms with E-state index in [1.807, 2.05) is 31.2 Å². The van der Waals surface area contributed by atoms with Gasteiger partial charge in [0, 0.05) is 12.6 Å². The molecule has 0 radical (unpaired) electrons. The molecule has 80 valence electrons. The number of hydrogen-bond acceptors (Lipinski definition) is 4. The van der Waals surface area contributed by atoms with E-state index in [4.69, 9.17) is 5.26 Å². The first-order chi connectivity index (χ1) is 7.74. The molecule has 2 rings (SSSR count). The molecule has 0 unspecified atom stereocenters. The molecular weight excluding hydrogens is 218 g/mol. The number of nitrogens with zero attached hydrogens (tertiary/aromatic N) is 2. The number of nitrogens with one attached hydrogen (secondary N) is 1. The van der Waals surface area contributed by atoms with Crippen molar-refractivity contribution < 1.29 is 0 Å². The fourth-order valence-electron chi connectivity index (χ4n) is 1.41. The third kappa shape index (κ3) is 1.90. The molecule has 3 nitrogen and oxygen atoms in total. The van der Waals surface area contributed by atoms with Crippen LogP contribution in [0, 0.1) is 18.3 Å². The number of nitriles is 1. The lowest BCUT2D eigenvalue weighted by Crippen LogP contribution is -1.86. The Hall–Kier alpha value is -1.86. The lowest BCUT2D eigenvalue weighted by atomic mass is 10.1. The Kier molecular flexibility index (Phi) is 2.88. The Morgan fingerprint density at radius 1 is 1.31 bits per heavy atom. The first kappa shape index (κ1) is 10.7. The third-order valence-corrected chi connectivity index (χ3v) is 3.25. The lowest BCUT2D eigenvalue weighted by Gasteiger charge is -1.98. The van der Waals surface area contributed by atoms with E-state index >= 15 is 0 Å². The Morgan fingerprint density at radius 2 is 2.00 bits per heavy atom. The Morgan fingerprint density at radius 3 is 2.56 bits per heavy atom. The molecule has 0 atom stereocenters. The number of aryl methyl sites for hydroxylation is 1. The summed E-state index contributed by atoms with van der Waals surface area (Å²) >= 11 is 1.38. The minimum absolute atomic E-state index is 0.646. The van der Waals surface area contributed by atoms with Gasteiger partial charge >= 0.3 is 0 Å². The van der Waals surface area contributed by atoms with Crippen LogP contribution in [0.25, 0.3) is 11.3 Å². The van der Waals surface area contributed by atoms with Gasteiger partial charge < -0.3 is 5.32 Å². The number of aromatic nitrogens is 1. The van der Waals surface area contributed by atoms with E-state index in [0.717, 1.165) is 16.4 Å². The average molecular weight is 229 g/mol. The molecule has 0 aliphatic carbocycles. The van der Waals surface area contributed by atoms with Gasteiger partial charge in [0.2, 0.25) is 0 Å². The molecule has 0 aliphatic heterocycles. The van der Waals surface area contributed by atoms with Crippen molar-refractivity contribution in [3.8, 4) is 17.3 Å². The standard InChI is InChI=1S/C12H11N3S/c1-8-3-5-9(6-4-8)11-10(7-13)16-12(14-2)15-11/h3-6H,1-2H3,(H,14,15). The summed E-state index contributed by atoms with van der Waals surface area (Å²) in [6, 6.07) is 10.2. The van der Waals surface area contributed by atoms with Crippen LogP contribution in [0.1, 0.15) is 10.4 Å². The van der Waals surface area contributed by atoms with Gasteiger partial charge in [-0.25, -0.2) is 4.98 Å². The van der Waals surface area contributed by atoms with Crippen LogP contribution in [0.15, 0.2) is 24.3 Å². The monoisotopic (exact) mass is 229 g/mol. The molecule has 0 bridgehead atoms. The number of anilines is 1. The molecule has 2 aromatic rings. The second-order valence-corrected chi connectivity index (χ2v) is 4.42. The predicted octanol–water partition coefficient (Wildman–Crippen LogP) is 3.03. The lowest BCUT2D eigenvalue weighted by molar-refractivity contribution is 1.35. The molecule has 0 saturated heterocycles. The van der Waals surface area contributed by atoms with Crippen molar-refractivity contribution in [2.75, 3.05) is 12.4 Å². The number of benzene rings is 1. The van der Waals surface area contributed by atoms with Crippen LogP contribution in [-0.4, -0.2) is 12.0 Å². The maximum Gasteiger partial charge on any atom is 0.184 e.